The van der Waals surface area contributed by atoms with Gasteiger partial charge in [-0.05, 0) is 25.5 Å². The number of aromatic nitrogens is 2. The monoisotopic (exact) mass is 241 g/mol. The van der Waals surface area contributed by atoms with Crippen LogP contribution in [0, 0.1) is 6.92 Å². The van der Waals surface area contributed by atoms with Crippen molar-refractivity contribution in [2.75, 3.05) is 11.5 Å². The summed E-state index contributed by atoms with van der Waals surface area (Å²) in [5.41, 5.74) is 7.88. The lowest BCUT2D eigenvalue weighted by Gasteiger charge is -2.06. The van der Waals surface area contributed by atoms with E-state index < -0.39 is 0 Å². The summed E-state index contributed by atoms with van der Waals surface area (Å²) in [5, 5.41) is 5.63. The maximum atomic E-state index is 6.04. The Balaban J connectivity index is 2.61. The summed E-state index contributed by atoms with van der Waals surface area (Å²) in [6, 6.07) is 0. The van der Waals surface area contributed by atoms with Crippen LogP contribution in [0.25, 0.3) is 0 Å². The molecule has 92 valence electrons. The third-order valence-corrected chi connectivity index (χ3v) is 3.74. The molecule has 0 aliphatic carbocycles. The van der Waals surface area contributed by atoms with Gasteiger partial charge in [0, 0.05) is 6.54 Å². The number of hydrogen-bond acceptors (Lipinski definition) is 3. The number of rotatable bonds is 7. The van der Waals surface area contributed by atoms with E-state index in [9.17, 15) is 0 Å². The second kappa shape index (κ2) is 6.84. The average Bonchev–Trinajstić information content (AvgIpc) is 2.52. The van der Waals surface area contributed by atoms with E-state index >= 15 is 0 Å². The van der Waals surface area contributed by atoms with E-state index in [1.807, 2.05) is 18.7 Å². The molecule has 0 aromatic carbocycles. The lowest BCUT2D eigenvalue weighted by molar-refractivity contribution is 0.556. The van der Waals surface area contributed by atoms with Gasteiger partial charge in [-0.25, -0.2) is 0 Å². The normalized spacial score (nSPS) is 10.9. The SMILES string of the molecule is CCCCCSc1c(N)c(C)nn1CCC. The number of anilines is 1. The van der Waals surface area contributed by atoms with Crippen LogP contribution in [0.15, 0.2) is 5.03 Å². The highest BCUT2D eigenvalue weighted by atomic mass is 32.2. The predicted octanol–water partition coefficient (Wildman–Crippen LogP) is 3.47. The van der Waals surface area contributed by atoms with E-state index in [1.54, 1.807) is 0 Å². The van der Waals surface area contributed by atoms with Crippen LogP contribution in [0.2, 0.25) is 0 Å². The Kier molecular flexibility index (Phi) is 5.74. The second-order valence-electron chi connectivity index (χ2n) is 4.08. The van der Waals surface area contributed by atoms with Crippen LogP contribution in [0.4, 0.5) is 5.69 Å². The van der Waals surface area contributed by atoms with Crippen molar-refractivity contribution in [3.8, 4) is 0 Å². The summed E-state index contributed by atoms with van der Waals surface area (Å²) in [6.07, 6.45) is 4.93. The van der Waals surface area contributed by atoms with Crippen LogP contribution in [0.3, 0.4) is 0 Å². The van der Waals surface area contributed by atoms with Gasteiger partial charge >= 0.3 is 0 Å². The summed E-state index contributed by atoms with van der Waals surface area (Å²) < 4.78 is 2.06. The smallest absolute Gasteiger partial charge is 0.117 e. The zero-order valence-electron chi connectivity index (χ0n) is 10.6. The van der Waals surface area contributed by atoms with Gasteiger partial charge in [-0.2, -0.15) is 5.10 Å². The Morgan fingerprint density at radius 3 is 2.62 bits per heavy atom. The average molecular weight is 241 g/mol. The molecular formula is C12H23N3S. The third-order valence-electron chi connectivity index (χ3n) is 2.55. The van der Waals surface area contributed by atoms with Crippen LogP contribution in [-0.4, -0.2) is 15.5 Å². The molecule has 0 amide bonds. The zero-order chi connectivity index (χ0) is 12.0. The molecule has 1 rings (SSSR count). The fourth-order valence-electron chi connectivity index (χ4n) is 1.61. The first-order valence-electron chi connectivity index (χ1n) is 6.16. The van der Waals surface area contributed by atoms with Crippen LogP contribution in [0.5, 0.6) is 0 Å². The molecule has 0 saturated carbocycles. The van der Waals surface area contributed by atoms with E-state index in [-0.39, 0.29) is 0 Å². The molecule has 0 bridgehead atoms. The van der Waals surface area contributed by atoms with E-state index in [4.69, 9.17) is 5.73 Å². The van der Waals surface area contributed by atoms with Crippen molar-refractivity contribution in [2.45, 2.75) is 58.0 Å². The Labute approximate surface area is 103 Å². The highest BCUT2D eigenvalue weighted by molar-refractivity contribution is 7.99. The maximum Gasteiger partial charge on any atom is 0.117 e. The van der Waals surface area contributed by atoms with Gasteiger partial charge in [0.2, 0.25) is 0 Å². The van der Waals surface area contributed by atoms with Crippen molar-refractivity contribution in [3.63, 3.8) is 0 Å². The number of nitrogens with zero attached hydrogens (tertiary/aromatic N) is 2. The predicted molar refractivity (Wildman–Crippen MR) is 71.9 cm³/mol. The quantitative estimate of drug-likeness (QED) is 0.587. The van der Waals surface area contributed by atoms with Gasteiger partial charge in [0.1, 0.15) is 5.03 Å². The molecule has 3 nitrogen and oxygen atoms in total. The Hall–Kier alpha value is -0.640. The summed E-state index contributed by atoms with van der Waals surface area (Å²) in [4.78, 5) is 0. The van der Waals surface area contributed by atoms with Gasteiger partial charge in [-0.3, -0.25) is 4.68 Å². The van der Waals surface area contributed by atoms with Crippen molar-refractivity contribution < 1.29 is 0 Å². The maximum absolute atomic E-state index is 6.04. The summed E-state index contributed by atoms with van der Waals surface area (Å²) in [7, 11) is 0. The molecule has 16 heavy (non-hydrogen) atoms. The number of unbranched alkanes of at least 4 members (excludes halogenated alkanes) is 2. The highest BCUT2D eigenvalue weighted by Gasteiger charge is 2.11. The second-order valence-corrected chi connectivity index (χ2v) is 5.17. The standard InChI is InChI=1S/C12H23N3S/c1-4-6-7-9-16-12-11(13)10(3)14-15(12)8-5-2/h4-9,13H2,1-3H3. The van der Waals surface area contributed by atoms with Crippen LogP contribution < -0.4 is 5.73 Å². The van der Waals surface area contributed by atoms with Gasteiger partial charge in [0.05, 0.1) is 11.4 Å². The molecule has 0 atom stereocenters. The van der Waals surface area contributed by atoms with Gasteiger partial charge in [-0.15, -0.1) is 11.8 Å². The van der Waals surface area contributed by atoms with Crippen molar-refractivity contribution in [1.82, 2.24) is 9.78 Å². The minimum absolute atomic E-state index is 0.870. The minimum Gasteiger partial charge on any atom is -0.395 e. The molecule has 0 radical (unpaired) electrons. The zero-order valence-corrected chi connectivity index (χ0v) is 11.4. The topological polar surface area (TPSA) is 43.8 Å². The van der Waals surface area contributed by atoms with Crippen molar-refractivity contribution in [3.05, 3.63) is 5.69 Å². The molecule has 1 aromatic rings. The molecular weight excluding hydrogens is 218 g/mol. The van der Waals surface area contributed by atoms with Crippen LogP contribution in [-0.2, 0) is 6.54 Å². The first kappa shape index (κ1) is 13.4. The molecule has 2 N–H and O–H groups in total. The molecule has 4 heteroatoms. The number of nitrogens with two attached hydrogens (primary N) is 1. The number of aryl methyl sites for hydroxylation is 2. The molecule has 0 aliphatic rings. The van der Waals surface area contributed by atoms with Gasteiger partial charge < -0.3 is 5.73 Å². The molecule has 0 fully saturated rings. The number of hydrogen-bond donors (Lipinski definition) is 1. The molecule has 1 heterocycles. The number of thioether (sulfide) groups is 1. The first-order chi connectivity index (χ1) is 7.70. The Morgan fingerprint density at radius 1 is 1.25 bits per heavy atom. The molecule has 0 unspecified atom stereocenters. The van der Waals surface area contributed by atoms with Crippen LogP contribution >= 0.6 is 11.8 Å². The van der Waals surface area contributed by atoms with Gasteiger partial charge in [0.15, 0.2) is 0 Å². The fourth-order valence-corrected chi connectivity index (χ4v) is 2.74. The Morgan fingerprint density at radius 2 is 2.00 bits per heavy atom. The molecule has 0 spiro atoms. The van der Waals surface area contributed by atoms with Gasteiger partial charge in [-0.1, -0.05) is 26.7 Å². The third kappa shape index (κ3) is 3.44. The van der Waals surface area contributed by atoms with E-state index in [0.717, 1.165) is 35.1 Å². The van der Waals surface area contributed by atoms with Gasteiger partial charge in [0.25, 0.3) is 0 Å². The van der Waals surface area contributed by atoms with Crippen LogP contribution in [0.1, 0.15) is 45.2 Å². The minimum atomic E-state index is 0.870. The number of nitrogen functional groups attached to an aromatic ring is 1. The first-order valence-corrected chi connectivity index (χ1v) is 7.14. The van der Waals surface area contributed by atoms with Crippen molar-refractivity contribution >= 4 is 17.4 Å². The van der Waals surface area contributed by atoms with E-state index in [0.29, 0.717) is 0 Å². The van der Waals surface area contributed by atoms with Crippen molar-refractivity contribution in [1.29, 1.82) is 0 Å². The van der Waals surface area contributed by atoms with E-state index in [1.165, 1.54) is 19.3 Å². The molecule has 0 aliphatic heterocycles. The lowest BCUT2D eigenvalue weighted by Crippen LogP contribution is -2.01. The van der Waals surface area contributed by atoms with Crippen molar-refractivity contribution in [2.24, 2.45) is 0 Å². The summed E-state index contributed by atoms with van der Waals surface area (Å²) >= 11 is 1.85. The molecule has 0 saturated heterocycles. The summed E-state index contributed by atoms with van der Waals surface area (Å²) in [5.74, 6) is 1.15. The van der Waals surface area contributed by atoms with E-state index in [2.05, 4.69) is 23.6 Å². The molecule has 1 aromatic heterocycles. The lowest BCUT2D eigenvalue weighted by atomic mass is 10.3. The summed E-state index contributed by atoms with van der Waals surface area (Å²) in [6.45, 7) is 7.34. The fraction of sp³-hybridized carbons (Fsp3) is 0.750. The highest BCUT2D eigenvalue weighted by Crippen LogP contribution is 2.28. The largest absolute Gasteiger partial charge is 0.395 e. The Bertz CT molecular complexity index is 320.